The number of carbonyl (C=O) groups is 2. The van der Waals surface area contributed by atoms with Crippen molar-refractivity contribution >= 4 is 11.9 Å². The molecule has 0 amide bonds. The minimum atomic E-state index is -4.60. The number of ether oxygens (including phenoxy) is 2. The normalized spacial score (nSPS) is 11.3. The van der Waals surface area contributed by atoms with Gasteiger partial charge in [0.25, 0.3) is 0 Å². The first-order valence-corrected chi connectivity index (χ1v) is 11.4. The second-order valence-electron chi connectivity index (χ2n) is 8.19. The van der Waals surface area contributed by atoms with E-state index in [0.29, 0.717) is 40.4 Å². The minimum Gasteiger partial charge on any atom is -0.427 e. The lowest BCUT2D eigenvalue weighted by Crippen LogP contribution is -2.12. The number of carbonyl (C=O) groups excluding carboxylic acids is 2. The smallest absolute Gasteiger partial charge is 0.418 e. The summed E-state index contributed by atoms with van der Waals surface area (Å²) in [5.74, 6) is -0.282. The van der Waals surface area contributed by atoms with Crippen LogP contribution in [0.2, 0.25) is 0 Å². The Morgan fingerprint density at radius 1 is 0.811 bits per heavy atom. The van der Waals surface area contributed by atoms with Crippen LogP contribution < -0.4 is 9.47 Å². The number of hydrogen-bond acceptors (Lipinski definition) is 5. The number of aromatic nitrogens is 2. The lowest BCUT2D eigenvalue weighted by Gasteiger charge is -2.15. The van der Waals surface area contributed by atoms with Crippen LogP contribution in [0.3, 0.4) is 0 Å². The van der Waals surface area contributed by atoms with E-state index in [2.05, 4.69) is 5.10 Å². The van der Waals surface area contributed by atoms with Crippen LogP contribution in [0, 0.1) is 0 Å². The molecule has 3 aromatic carbocycles. The fraction of sp³-hybridized carbons (Fsp3) is 0.179. The second kappa shape index (κ2) is 10.3. The quantitative estimate of drug-likeness (QED) is 0.216. The number of para-hydroxylation sites is 1. The van der Waals surface area contributed by atoms with Crippen molar-refractivity contribution in [2.24, 2.45) is 0 Å². The summed E-state index contributed by atoms with van der Waals surface area (Å²) in [7, 11) is 0. The summed E-state index contributed by atoms with van der Waals surface area (Å²) < 4.78 is 53.4. The average Bonchev–Trinajstić information content (AvgIpc) is 3.23. The summed E-state index contributed by atoms with van der Waals surface area (Å²) in [5.41, 5.74) is 1.99. The molecule has 0 bridgehead atoms. The molecule has 0 unspecified atom stereocenters. The number of benzene rings is 3. The predicted octanol–water partition coefficient (Wildman–Crippen LogP) is 6.64. The van der Waals surface area contributed by atoms with Crippen molar-refractivity contribution in [1.29, 1.82) is 0 Å². The topological polar surface area (TPSA) is 70.4 Å². The van der Waals surface area contributed by atoms with Crippen LogP contribution in [-0.2, 0) is 22.2 Å². The van der Waals surface area contributed by atoms with E-state index in [1.165, 1.54) is 36.7 Å². The van der Waals surface area contributed by atoms with Crippen LogP contribution in [-0.4, -0.2) is 21.7 Å². The Hall–Kier alpha value is -4.40. The largest absolute Gasteiger partial charge is 0.427 e. The predicted molar refractivity (Wildman–Crippen MR) is 131 cm³/mol. The van der Waals surface area contributed by atoms with Gasteiger partial charge in [0, 0.05) is 30.5 Å². The third-order valence-electron chi connectivity index (χ3n) is 5.55. The van der Waals surface area contributed by atoms with Crippen LogP contribution in [0.1, 0.15) is 31.9 Å². The molecule has 0 aliphatic carbocycles. The SMILES string of the molecule is CCc1c(-c2ccc(OC(C)=O)cc2)nn(-c2ccccc2C(F)(F)F)c1-c1ccc(OC(C)=O)cc1. The van der Waals surface area contributed by atoms with Crippen molar-refractivity contribution < 1.29 is 32.2 Å². The van der Waals surface area contributed by atoms with E-state index < -0.39 is 23.7 Å². The van der Waals surface area contributed by atoms with E-state index in [4.69, 9.17) is 9.47 Å². The molecule has 4 aromatic rings. The molecule has 6 nitrogen and oxygen atoms in total. The fourth-order valence-electron chi connectivity index (χ4n) is 4.08. The van der Waals surface area contributed by atoms with Crippen molar-refractivity contribution in [3.8, 4) is 39.7 Å². The highest BCUT2D eigenvalue weighted by atomic mass is 19.4. The van der Waals surface area contributed by atoms with Gasteiger partial charge in [-0.3, -0.25) is 9.59 Å². The third kappa shape index (κ3) is 5.55. The summed E-state index contributed by atoms with van der Waals surface area (Å²) >= 11 is 0. The molecule has 4 rings (SSSR count). The zero-order chi connectivity index (χ0) is 26.7. The highest BCUT2D eigenvalue weighted by Gasteiger charge is 2.35. The van der Waals surface area contributed by atoms with Crippen molar-refractivity contribution in [3.63, 3.8) is 0 Å². The van der Waals surface area contributed by atoms with E-state index in [1.54, 1.807) is 48.5 Å². The minimum absolute atomic E-state index is 0.119. The van der Waals surface area contributed by atoms with Crippen molar-refractivity contribution in [2.75, 3.05) is 0 Å². The van der Waals surface area contributed by atoms with Gasteiger partial charge in [0.2, 0.25) is 0 Å². The molecule has 0 aliphatic heterocycles. The monoisotopic (exact) mass is 508 g/mol. The Morgan fingerprint density at radius 2 is 1.32 bits per heavy atom. The maximum absolute atomic E-state index is 14.0. The van der Waals surface area contributed by atoms with Gasteiger partial charge in [-0.05, 0) is 67.1 Å². The number of halogens is 3. The summed E-state index contributed by atoms with van der Waals surface area (Å²) in [6.45, 7) is 4.47. The maximum atomic E-state index is 14.0. The molecule has 0 spiro atoms. The number of nitrogens with zero attached hydrogens (tertiary/aromatic N) is 2. The molecule has 0 atom stereocenters. The van der Waals surface area contributed by atoms with Crippen LogP contribution in [0.15, 0.2) is 72.8 Å². The van der Waals surface area contributed by atoms with E-state index in [9.17, 15) is 22.8 Å². The molecule has 0 fully saturated rings. The van der Waals surface area contributed by atoms with Gasteiger partial charge < -0.3 is 9.47 Å². The second-order valence-corrected chi connectivity index (χ2v) is 8.19. The molecule has 1 aromatic heterocycles. The van der Waals surface area contributed by atoms with Crippen molar-refractivity contribution in [2.45, 2.75) is 33.4 Å². The lowest BCUT2D eigenvalue weighted by molar-refractivity contribution is -0.137. The molecule has 0 N–H and O–H groups in total. The van der Waals surface area contributed by atoms with Gasteiger partial charge >= 0.3 is 18.1 Å². The van der Waals surface area contributed by atoms with Crippen LogP contribution >= 0.6 is 0 Å². The fourth-order valence-corrected chi connectivity index (χ4v) is 4.08. The average molecular weight is 508 g/mol. The molecular weight excluding hydrogens is 485 g/mol. The Morgan fingerprint density at radius 3 is 1.81 bits per heavy atom. The Labute approximate surface area is 211 Å². The highest BCUT2D eigenvalue weighted by molar-refractivity contribution is 5.78. The van der Waals surface area contributed by atoms with Gasteiger partial charge in [0.05, 0.1) is 22.6 Å². The lowest BCUT2D eigenvalue weighted by atomic mass is 9.99. The summed E-state index contributed by atoms with van der Waals surface area (Å²) in [4.78, 5) is 22.6. The third-order valence-corrected chi connectivity index (χ3v) is 5.55. The van der Waals surface area contributed by atoms with E-state index in [1.807, 2.05) is 6.92 Å². The first-order valence-electron chi connectivity index (χ1n) is 11.4. The van der Waals surface area contributed by atoms with Gasteiger partial charge in [-0.1, -0.05) is 19.1 Å². The summed E-state index contributed by atoms with van der Waals surface area (Å²) in [6, 6.07) is 18.4. The van der Waals surface area contributed by atoms with Crippen LogP contribution in [0.25, 0.3) is 28.2 Å². The van der Waals surface area contributed by atoms with Gasteiger partial charge in [0.1, 0.15) is 11.5 Å². The zero-order valence-electron chi connectivity index (χ0n) is 20.3. The van der Waals surface area contributed by atoms with Crippen molar-refractivity contribution in [1.82, 2.24) is 9.78 Å². The van der Waals surface area contributed by atoms with Gasteiger partial charge in [-0.25, -0.2) is 4.68 Å². The summed E-state index contributed by atoms with van der Waals surface area (Å²) in [6.07, 6.45) is -4.13. The molecule has 0 saturated heterocycles. The summed E-state index contributed by atoms with van der Waals surface area (Å²) in [5, 5.41) is 4.66. The van der Waals surface area contributed by atoms with Gasteiger partial charge in [-0.2, -0.15) is 18.3 Å². The number of alkyl halides is 3. The van der Waals surface area contributed by atoms with E-state index >= 15 is 0 Å². The highest BCUT2D eigenvalue weighted by Crippen LogP contribution is 2.39. The zero-order valence-corrected chi connectivity index (χ0v) is 20.3. The molecule has 37 heavy (non-hydrogen) atoms. The molecule has 9 heteroatoms. The van der Waals surface area contributed by atoms with Crippen LogP contribution in [0.4, 0.5) is 13.2 Å². The molecule has 0 saturated carbocycles. The van der Waals surface area contributed by atoms with Crippen LogP contribution in [0.5, 0.6) is 11.5 Å². The van der Waals surface area contributed by atoms with Gasteiger partial charge in [-0.15, -0.1) is 0 Å². The van der Waals surface area contributed by atoms with E-state index in [-0.39, 0.29) is 5.69 Å². The van der Waals surface area contributed by atoms with Gasteiger partial charge in [0.15, 0.2) is 0 Å². The molecule has 0 radical (unpaired) electrons. The molecule has 1 heterocycles. The number of rotatable bonds is 6. The maximum Gasteiger partial charge on any atom is 0.418 e. The first kappa shape index (κ1) is 25.7. The number of esters is 2. The molecular formula is C28H23F3N2O4. The molecule has 0 aliphatic rings. The Bertz CT molecular complexity index is 1440. The Kier molecular flexibility index (Phi) is 7.15. The van der Waals surface area contributed by atoms with E-state index in [0.717, 1.165) is 11.6 Å². The number of hydrogen-bond donors (Lipinski definition) is 0. The molecule has 190 valence electrons. The standard InChI is InChI=1S/C28H23F3N2O4/c1-4-23-26(19-9-13-21(14-10-19)36-17(2)34)32-33(25-8-6-5-7-24(25)28(29,30)31)27(23)20-11-15-22(16-12-20)37-18(3)35/h5-16H,4H2,1-3H3. The van der Waals surface area contributed by atoms with Crippen molar-refractivity contribution in [3.05, 3.63) is 83.9 Å². The first-order chi connectivity index (χ1) is 17.6. The Balaban J connectivity index is 1.94.